The second kappa shape index (κ2) is 9.22. The zero-order valence-electron chi connectivity index (χ0n) is 17.2. The molecule has 0 aliphatic carbocycles. The number of rotatable bonds is 7. The molecular weight excluding hydrogens is 425 g/mol. The van der Waals surface area contributed by atoms with Crippen LogP contribution < -0.4 is 15.5 Å². The van der Waals surface area contributed by atoms with Crippen LogP contribution in [0, 0.1) is 22.9 Å². The molecule has 0 radical (unpaired) electrons. The van der Waals surface area contributed by atoms with Crippen molar-refractivity contribution in [1.29, 1.82) is 5.41 Å². The van der Waals surface area contributed by atoms with E-state index in [1.54, 1.807) is 29.0 Å². The van der Waals surface area contributed by atoms with Crippen LogP contribution in [0.25, 0.3) is 0 Å². The van der Waals surface area contributed by atoms with Crippen LogP contribution in [0.1, 0.15) is 11.1 Å². The SMILES string of the molecule is Cn1cc(Nc2ncc(C=N)c(NCc3c(F)c(F)cc(N4CCOCC4)c3F)n2)cn1. The fourth-order valence-electron chi connectivity index (χ4n) is 3.32. The number of ether oxygens (including phenoxy) is 1. The Morgan fingerprint density at radius 2 is 1.97 bits per heavy atom. The van der Waals surface area contributed by atoms with Gasteiger partial charge in [-0.1, -0.05) is 0 Å². The topological polar surface area (TPSA) is 104 Å². The van der Waals surface area contributed by atoms with Crippen molar-refractivity contribution in [3.8, 4) is 0 Å². The summed E-state index contributed by atoms with van der Waals surface area (Å²) in [7, 11) is 1.75. The molecule has 32 heavy (non-hydrogen) atoms. The lowest BCUT2D eigenvalue weighted by Crippen LogP contribution is -2.37. The molecule has 0 saturated carbocycles. The van der Waals surface area contributed by atoms with Gasteiger partial charge in [0.05, 0.1) is 36.3 Å². The molecule has 1 fully saturated rings. The summed E-state index contributed by atoms with van der Waals surface area (Å²) < 4.78 is 50.7. The van der Waals surface area contributed by atoms with Crippen LogP contribution in [0.3, 0.4) is 0 Å². The molecule has 0 spiro atoms. The predicted molar refractivity (Wildman–Crippen MR) is 113 cm³/mol. The normalized spacial score (nSPS) is 13.8. The fraction of sp³-hybridized carbons (Fsp3) is 0.300. The number of aromatic nitrogens is 4. The van der Waals surface area contributed by atoms with E-state index in [0.29, 0.717) is 37.6 Å². The quantitative estimate of drug-likeness (QED) is 0.379. The highest BCUT2D eigenvalue weighted by Crippen LogP contribution is 2.29. The smallest absolute Gasteiger partial charge is 0.229 e. The lowest BCUT2D eigenvalue weighted by atomic mass is 10.1. The highest BCUT2D eigenvalue weighted by molar-refractivity contribution is 5.84. The number of nitrogens with zero attached hydrogens (tertiary/aromatic N) is 5. The molecule has 9 nitrogen and oxygen atoms in total. The van der Waals surface area contributed by atoms with Crippen molar-refractivity contribution in [2.75, 3.05) is 41.8 Å². The average Bonchev–Trinajstić information content (AvgIpc) is 3.21. The van der Waals surface area contributed by atoms with Crippen LogP contribution >= 0.6 is 0 Å². The van der Waals surface area contributed by atoms with Gasteiger partial charge in [-0.15, -0.1) is 0 Å². The maximum Gasteiger partial charge on any atom is 0.229 e. The third kappa shape index (κ3) is 4.49. The molecule has 1 saturated heterocycles. The van der Waals surface area contributed by atoms with E-state index in [9.17, 15) is 8.78 Å². The second-order valence-electron chi connectivity index (χ2n) is 7.11. The first-order valence-electron chi connectivity index (χ1n) is 9.82. The van der Waals surface area contributed by atoms with Crippen molar-refractivity contribution in [2.45, 2.75) is 6.54 Å². The Kier molecular flexibility index (Phi) is 6.21. The molecule has 3 N–H and O–H groups in total. The molecule has 0 bridgehead atoms. The molecule has 3 heterocycles. The van der Waals surface area contributed by atoms with Gasteiger partial charge in [-0.25, -0.2) is 18.2 Å². The Morgan fingerprint density at radius 3 is 2.66 bits per heavy atom. The molecular formula is C20H21F3N8O. The van der Waals surface area contributed by atoms with E-state index in [4.69, 9.17) is 10.1 Å². The van der Waals surface area contributed by atoms with Crippen molar-refractivity contribution in [1.82, 2.24) is 19.7 Å². The zero-order valence-corrected chi connectivity index (χ0v) is 17.2. The monoisotopic (exact) mass is 446 g/mol. The highest BCUT2D eigenvalue weighted by atomic mass is 19.2. The molecule has 1 aliphatic heterocycles. The third-order valence-electron chi connectivity index (χ3n) is 4.95. The molecule has 12 heteroatoms. The van der Waals surface area contributed by atoms with Gasteiger partial charge >= 0.3 is 0 Å². The molecule has 0 amide bonds. The second-order valence-corrected chi connectivity index (χ2v) is 7.11. The van der Waals surface area contributed by atoms with Gasteiger partial charge < -0.3 is 25.7 Å². The molecule has 2 aromatic heterocycles. The fourth-order valence-corrected chi connectivity index (χ4v) is 3.32. The van der Waals surface area contributed by atoms with E-state index >= 15 is 4.39 Å². The number of morpholine rings is 1. The van der Waals surface area contributed by atoms with Gasteiger partial charge in [-0.05, 0) is 0 Å². The molecule has 1 aromatic carbocycles. The molecule has 4 rings (SSSR count). The van der Waals surface area contributed by atoms with Gasteiger partial charge in [-0.2, -0.15) is 10.1 Å². The maximum atomic E-state index is 15.1. The van der Waals surface area contributed by atoms with Gasteiger partial charge in [0, 0.05) is 56.9 Å². The Balaban J connectivity index is 1.59. The summed E-state index contributed by atoms with van der Waals surface area (Å²) in [6.07, 6.45) is 5.68. The third-order valence-corrected chi connectivity index (χ3v) is 4.95. The van der Waals surface area contributed by atoms with Crippen molar-refractivity contribution in [3.63, 3.8) is 0 Å². The number of hydrogen-bond acceptors (Lipinski definition) is 8. The standard InChI is InChI=1S/C20H21F3N8O/c1-30-11-13(9-27-30)28-20-26-8-12(7-24)19(29-20)25-10-14-17(22)15(21)6-16(18(14)23)31-2-4-32-5-3-31/h6-9,11,24H,2-5,10H2,1H3,(H2,25,26,28,29). The minimum atomic E-state index is -1.27. The van der Waals surface area contributed by atoms with E-state index in [0.717, 1.165) is 12.3 Å². The summed E-state index contributed by atoms with van der Waals surface area (Å²) in [5.41, 5.74) is 0.464. The number of nitrogens with one attached hydrogen (secondary N) is 3. The lowest BCUT2D eigenvalue weighted by Gasteiger charge is -2.29. The van der Waals surface area contributed by atoms with Gasteiger partial charge in [-0.3, -0.25) is 4.68 Å². The van der Waals surface area contributed by atoms with Gasteiger partial charge in [0.15, 0.2) is 17.5 Å². The molecule has 0 unspecified atom stereocenters. The first-order chi connectivity index (χ1) is 15.5. The van der Waals surface area contributed by atoms with Crippen LogP contribution in [0.5, 0.6) is 0 Å². The first-order valence-corrected chi connectivity index (χ1v) is 9.82. The van der Waals surface area contributed by atoms with Crippen LogP contribution in [-0.2, 0) is 18.3 Å². The first kappa shape index (κ1) is 21.6. The highest BCUT2D eigenvalue weighted by Gasteiger charge is 2.23. The summed E-state index contributed by atoms with van der Waals surface area (Å²) in [5.74, 6) is -2.90. The molecule has 0 atom stereocenters. The molecule has 3 aromatic rings. The van der Waals surface area contributed by atoms with Crippen molar-refractivity contribution < 1.29 is 17.9 Å². The number of hydrogen-bond donors (Lipinski definition) is 3. The lowest BCUT2D eigenvalue weighted by molar-refractivity contribution is 0.122. The summed E-state index contributed by atoms with van der Waals surface area (Å²) >= 11 is 0. The average molecular weight is 446 g/mol. The van der Waals surface area contributed by atoms with E-state index < -0.39 is 23.0 Å². The van der Waals surface area contributed by atoms with Crippen molar-refractivity contribution in [2.24, 2.45) is 7.05 Å². The van der Waals surface area contributed by atoms with Gasteiger partial charge in [0.1, 0.15) is 5.82 Å². The number of aryl methyl sites for hydroxylation is 1. The minimum Gasteiger partial charge on any atom is -0.378 e. The Hall–Kier alpha value is -3.67. The van der Waals surface area contributed by atoms with Crippen LogP contribution in [0.4, 0.5) is 36.3 Å². The van der Waals surface area contributed by atoms with E-state index in [1.165, 1.54) is 6.20 Å². The van der Waals surface area contributed by atoms with Crippen molar-refractivity contribution in [3.05, 3.63) is 53.2 Å². The summed E-state index contributed by atoms with van der Waals surface area (Å²) in [6, 6.07) is 0.864. The number of anilines is 4. The largest absolute Gasteiger partial charge is 0.378 e. The van der Waals surface area contributed by atoms with Crippen LogP contribution in [-0.4, -0.2) is 52.3 Å². The zero-order chi connectivity index (χ0) is 22.7. The Bertz CT molecular complexity index is 1130. The van der Waals surface area contributed by atoms with Crippen molar-refractivity contribution >= 4 is 29.4 Å². The number of benzene rings is 1. The minimum absolute atomic E-state index is 0.0158. The Labute approximate surface area is 181 Å². The number of halogens is 3. The predicted octanol–water partition coefficient (Wildman–Crippen LogP) is 2.82. The molecule has 1 aliphatic rings. The van der Waals surface area contributed by atoms with E-state index in [1.807, 2.05) is 0 Å². The van der Waals surface area contributed by atoms with Crippen LogP contribution in [0.2, 0.25) is 0 Å². The van der Waals surface area contributed by atoms with Gasteiger partial charge in [0.2, 0.25) is 5.95 Å². The van der Waals surface area contributed by atoms with Crippen LogP contribution in [0.15, 0.2) is 24.7 Å². The van der Waals surface area contributed by atoms with E-state index in [-0.39, 0.29) is 24.0 Å². The van der Waals surface area contributed by atoms with E-state index in [2.05, 4.69) is 25.7 Å². The summed E-state index contributed by atoms with van der Waals surface area (Å²) in [5, 5.41) is 17.3. The summed E-state index contributed by atoms with van der Waals surface area (Å²) in [6.45, 7) is 1.13. The molecule has 168 valence electrons. The summed E-state index contributed by atoms with van der Waals surface area (Å²) in [4.78, 5) is 10.0. The Morgan fingerprint density at radius 1 is 1.19 bits per heavy atom. The maximum absolute atomic E-state index is 15.1. The van der Waals surface area contributed by atoms with Gasteiger partial charge in [0.25, 0.3) is 0 Å².